The van der Waals surface area contributed by atoms with Crippen LogP contribution >= 0.6 is 23.2 Å². The Morgan fingerprint density at radius 2 is 2.00 bits per heavy atom. The molecule has 0 aliphatic carbocycles. The normalized spacial score (nSPS) is 19.6. The Labute approximate surface area is 173 Å². The summed E-state index contributed by atoms with van der Waals surface area (Å²) >= 11 is 11.8. The molecule has 2 aromatic rings. The molecule has 7 nitrogen and oxygen atoms in total. The van der Waals surface area contributed by atoms with Gasteiger partial charge in [-0.25, -0.2) is 8.42 Å². The van der Waals surface area contributed by atoms with Crippen LogP contribution in [0.15, 0.2) is 41.2 Å². The Hall–Kier alpha value is -2.31. The van der Waals surface area contributed by atoms with E-state index in [9.17, 15) is 18.5 Å². The van der Waals surface area contributed by atoms with Crippen molar-refractivity contribution < 1.29 is 24.8 Å². The van der Waals surface area contributed by atoms with E-state index in [1.165, 1.54) is 24.3 Å². The minimum Gasteiger partial charge on any atom is -0.456 e. The van der Waals surface area contributed by atoms with Crippen LogP contribution in [0.25, 0.3) is 0 Å². The number of carbonyl (C=O) groups is 1. The molecule has 1 aliphatic rings. The fraction of sp³-hybridized carbons (Fsp3) is 0.176. The summed E-state index contributed by atoms with van der Waals surface area (Å²) in [6.07, 6.45) is 0. The Morgan fingerprint density at radius 1 is 1.30 bits per heavy atom. The highest BCUT2D eigenvalue weighted by Gasteiger charge is 2.32. The van der Waals surface area contributed by atoms with Gasteiger partial charge < -0.3 is 10.1 Å². The van der Waals surface area contributed by atoms with Gasteiger partial charge in [0.05, 0.1) is 25.0 Å². The maximum absolute atomic E-state index is 13.4. The largest absolute Gasteiger partial charge is 0.456 e. The van der Waals surface area contributed by atoms with Gasteiger partial charge in [-0.05, 0) is 36.3 Å². The van der Waals surface area contributed by atoms with Crippen LogP contribution in [-0.2, 0) is 14.8 Å². The summed E-state index contributed by atoms with van der Waals surface area (Å²) in [5, 5.41) is 11.7. The van der Waals surface area contributed by atoms with Gasteiger partial charge in [0.1, 0.15) is 16.4 Å². The third kappa shape index (κ3) is 4.34. The lowest BCUT2D eigenvalue weighted by molar-refractivity contribution is -0.122. The van der Waals surface area contributed by atoms with E-state index in [4.69, 9.17) is 34.8 Å². The number of piperazine rings is 1. The quantitative estimate of drug-likeness (QED) is 0.803. The minimum absolute atomic E-state index is 0.110. The van der Waals surface area contributed by atoms with Gasteiger partial charge in [0.2, 0.25) is 15.9 Å². The summed E-state index contributed by atoms with van der Waals surface area (Å²) in [6.45, 7) is -3.71. The SMILES string of the molecule is [2H]c1c([2H])c(Oc2cc(Cl)cc(Cl)c2)c(S(=O)(=O)N2CCNC(=O)C2([2H])[2H])c([2H])c1C#N. The molecule has 0 spiro atoms. The van der Waals surface area contributed by atoms with Crippen molar-refractivity contribution in [3.63, 3.8) is 0 Å². The first kappa shape index (κ1) is 13.8. The molecular formula is C17H13Cl2N3O4S. The maximum Gasteiger partial charge on any atom is 0.247 e. The smallest absolute Gasteiger partial charge is 0.247 e. The molecule has 1 fully saturated rings. The fourth-order valence-corrected chi connectivity index (χ4v) is 3.98. The number of hydrogen-bond donors (Lipinski definition) is 1. The van der Waals surface area contributed by atoms with Crippen molar-refractivity contribution in [1.29, 1.82) is 5.26 Å². The molecule has 0 saturated carbocycles. The lowest BCUT2D eigenvalue weighted by Gasteiger charge is -2.26. The molecule has 1 saturated heterocycles. The fourth-order valence-electron chi connectivity index (χ4n) is 2.16. The monoisotopic (exact) mass is 430 g/mol. The first-order chi connectivity index (χ1) is 14.8. The van der Waals surface area contributed by atoms with Crippen molar-refractivity contribution in [2.45, 2.75) is 4.90 Å². The van der Waals surface area contributed by atoms with E-state index < -0.39 is 63.3 Å². The summed E-state index contributed by atoms with van der Waals surface area (Å²) in [6, 6.07) is 2.77. The van der Waals surface area contributed by atoms with Crippen LogP contribution in [-0.4, -0.2) is 38.2 Å². The zero-order valence-electron chi connectivity index (χ0n) is 18.3. The highest BCUT2D eigenvalue weighted by molar-refractivity contribution is 7.89. The lowest BCUT2D eigenvalue weighted by Crippen LogP contribution is -2.49. The second-order valence-electron chi connectivity index (χ2n) is 5.17. The molecule has 0 bridgehead atoms. The van der Waals surface area contributed by atoms with Gasteiger partial charge in [-0.15, -0.1) is 0 Å². The van der Waals surface area contributed by atoms with Crippen LogP contribution in [0, 0.1) is 11.3 Å². The van der Waals surface area contributed by atoms with Crippen LogP contribution in [0.3, 0.4) is 0 Å². The third-order valence-corrected chi connectivity index (χ3v) is 5.38. The highest BCUT2D eigenvalue weighted by Crippen LogP contribution is 2.34. The molecule has 1 amide bonds. The average molecular weight is 431 g/mol. The molecule has 0 radical (unpaired) electrons. The van der Waals surface area contributed by atoms with E-state index in [0.29, 0.717) is 0 Å². The van der Waals surface area contributed by atoms with Crippen molar-refractivity contribution in [2.24, 2.45) is 0 Å². The van der Waals surface area contributed by atoms with Gasteiger partial charge in [-0.1, -0.05) is 23.2 Å². The zero-order valence-corrected chi connectivity index (χ0v) is 15.7. The average Bonchev–Trinajstić information content (AvgIpc) is 2.67. The summed E-state index contributed by atoms with van der Waals surface area (Å²) in [7, 11) is -5.01. The third-order valence-electron chi connectivity index (χ3n) is 3.29. The van der Waals surface area contributed by atoms with E-state index in [2.05, 4.69) is 5.32 Å². The number of carbonyl (C=O) groups excluding carboxylic acids is 1. The number of rotatable bonds is 4. The zero-order chi connectivity index (χ0) is 24.0. The van der Waals surface area contributed by atoms with E-state index in [1.807, 2.05) is 0 Å². The molecule has 27 heavy (non-hydrogen) atoms. The number of nitrogens with zero attached hydrogens (tertiary/aromatic N) is 2. The summed E-state index contributed by atoms with van der Waals surface area (Å²) in [5.74, 6) is -2.15. The number of halogens is 2. The van der Waals surface area contributed by atoms with E-state index in [1.54, 1.807) is 0 Å². The Balaban J connectivity index is 2.32. The summed E-state index contributed by atoms with van der Waals surface area (Å²) in [4.78, 5) is 10.9. The first-order valence-corrected chi connectivity index (χ1v) is 9.51. The second kappa shape index (κ2) is 7.74. The standard InChI is InChI=1S/C17H13Cl2N3O4S/c18-12-6-13(19)8-14(7-12)26-15-2-1-11(9-20)5-16(15)27(24,25)22-4-3-21-17(23)10-22/h1-2,5-8H,3-4,10H2,(H,21,23)/i1D,2D,5D,10D2. The van der Waals surface area contributed by atoms with Gasteiger partial charge in [0.25, 0.3) is 0 Å². The molecule has 3 rings (SSSR count). The van der Waals surface area contributed by atoms with Crippen molar-refractivity contribution in [3.05, 3.63) is 51.9 Å². The molecule has 1 heterocycles. The number of ether oxygens (including phenoxy) is 1. The first-order valence-electron chi connectivity index (χ1n) is 9.81. The van der Waals surface area contributed by atoms with Gasteiger partial charge in [0.15, 0.2) is 0 Å². The van der Waals surface area contributed by atoms with Gasteiger partial charge in [-0.3, -0.25) is 4.79 Å². The van der Waals surface area contributed by atoms with Crippen LogP contribution < -0.4 is 10.1 Å². The highest BCUT2D eigenvalue weighted by atomic mass is 35.5. The molecule has 1 aliphatic heterocycles. The van der Waals surface area contributed by atoms with Crippen molar-refractivity contribution in [1.82, 2.24) is 9.62 Å². The van der Waals surface area contributed by atoms with Crippen molar-refractivity contribution in [2.75, 3.05) is 19.6 Å². The molecule has 1 N–H and O–H groups in total. The number of nitriles is 1. The predicted octanol–water partition coefficient (Wildman–Crippen LogP) is 2.78. The Bertz CT molecular complexity index is 1260. The molecule has 10 heteroatoms. The molecule has 2 aromatic carbocycles. The van der Waals surface area contributed by atoms with E-state index in [-0.39, 0.29) is 26.6 Å². The van der Waals surface area contributed by atoms with Crippen LogP contribution in [0.4, 0.5) is 0 Å². The van der Waals surface area contributed by atoms with E-state index >= 15 is 0 Å². The van der Waals surface area contributed by atoms with Crippen LogP contribution in [0.5, 0.6) is 11.5 Å². The maximum atomic E-state index is 13.4. The van der Waals surface area contributed by atoms with Gasteiger partial charge in [-0.2, -0.15) is 9.57 Å². The van der Waals surface area contributed by atoms with Crippen molar-refractivity contribution in [3.8, 4) is 17.6 Å². The lowest BCUT2D eigenvalue weighted by atomic mass is 10.2. The second-order valence-corrected chi connectivity index (χ2v) is 7.84. The number of amides is 1. The van der Waals surface area contributed by atoms with Crippen molar-refractivity contribution >= 4 is 39.1 Å². The number of hydrogen-bond acceptors (Lipinski definition) is 5. The number of benzene rings is 2. The molecule has 0 unspecified atom stereocenters. The predicted molar refractivity (Wildman–Crippen MR) is 99.5 cm³/mol. The minimum atomic E-state index is -5.01. The molecule has 0 aromatic heterocycles. The van der Waals surface area contributed by atoms with Crippen LogP contribution in [0.2, 0.25) is 10.0 Å². The summed E-state index contributed by atoms with van der Waals surface area (Å²) < 4.78 is 72.9. The van der Waals surface area contributed by atoms with E-state index in [0.717, 1.165) is 0 Å². The molecule has 0 atom stereocenters. The topological polar surface area (TPSA) is 99.5 Å². The Morgan fingerprint density at radius 3 is 2.67 bits per heavy atom. The molecule has 140 valence electrons. The van der Waals surface area contributed by atoms with Gasteiger partial charge >= 0.3 is 0 Å². The Kier molecular flexibility index (Phi) is 3.96. The number of nitrogens with one attached hydrogen (secondary N) is 1. The van der Waals surface area contributed by atoms with Gasteiger partial charge in [0, 0.05) is 23.1 Å². The molecular weight excluding hydrogens is 413 g/mol. The summed E-state index contributed by atoms with van der Waals surface area (Å²) in [5.41, 5.74) is -0.730. The number of sulfonamides is 1. The van der Waals surface area contributed by atoms with Crippen LogP contribution in [0.1, 0.15) is 12.4 Å².